The van der Waals surface area contributed by atoms with Crippen LogP contribution in [-0.2, 0) is 6.42 Å². The molecule has 0 fully saturated rings. The predicted molar refractivity (Wildman–Crippen MR) is 127 cm³/mol. The topological polar surface area (TPSA) is 75.4 Å². The van der Waals surface area contributed by atoms with Crippen LogP contribution in [0.5, 0.6) is 0 Å². The summed E-state index contributed by atoms with van der Waals surface area (Å²) < 4.78 is 27.2. The van der Waals surface area contributed by atoms with Crippen molar-refractivity contribution in [2.45, 2.75) is 58.9 Å². The Kier molecular flexibility index (Phi) is 10.5. The molecule has 0 aliphatic carbocycles. The van der Waals surface area contributed by atoms with Crippen molar-refractivity contribution in [1.29, 1.82) is 0 Å². The molecule has 0 spiro atoms. The van der Waals surface area contributed by atoms with E-state index in [1.807, 2.05) is 20.8 Å². The van der Waals surface area contributed by atoms with Gasteiger partial charge in [0.2, 0.25) is 0 Å². The zero-order chi connectivity index (χ0) is 24.4. The molecule has 2 rings (SSSR count). The van der Waals surface area contributed by atoms with Crippen LogP contribution in [0.25, 0.3) is 0 Å². The van der Waals surface area contributed by atoms with Crippen molar-refractivity contribution in [3.8, 4) is 0 Å². The predicted octanol–water partition coefficient (Wildman–Crippen LogP) is 4.62. The smallest absolute Gasteiger partial charge is 0.253 e. The maximum absolute atomic E-state index is 13.6. The zero-order valence-electron chi connectivity index (χ0n) is 19.8. The van der Waals surface area contributed by atoms with Crippen molar-refractivity contribution in [1.82, 2.24) is 10.2 Å². The van der Waals surface area contributed by atoms with Gasteiger partial charge in [-0.15, -0.1) is 0 Å². The second-order valence-corrected chi connectivity index (χ2v) is 8.46. The molecule has 33 heavy (non-hydrogen) atoms. The van der Waals surface area contributed by atoms with Gasteiger partial charge in [0.15, 0.2) is 0 Å². The number of rotatable bonds is 12. The quantitative estimate of drug-likeness (QED) is 0.487. The first-order valence-electron chi connectivity index (χ1n) is 11.6. The zero-order valence-corrected chi connectivity index (χ0v) is 19.8. The van der Waals surface area contributed by atoms with E-state index in [1.54, 1.807) is 23.1 Å². The van der Waals surface area contributed by atoms with E-state index in [-0.39, 0.29) is 24.3 Å². The van der Waals surface area contributed by atoms with Crippen molar-refractivity contribution >= 4 is 11.8 Å². The lowest BCUT2D eigenvalue weighted by Gasteiger charge is -2.22. The average Bonchev–Trinajstić information content (AvgIpc) is 2.75. The van der Waals surface area contributed by atoms with E-state index in [0.29, 0.717) is 49.2 Å². The molecule has 1 atom stereocenters. The van der Waals surface area contributed by atoms with Crippen LogP contribution in [0.4, 0.5) is 8.78 Å². The van der Waals surface area contributed by atoms with Crippen LogP contribution in [-0.4, -0.2) is 42.4 Å². The van der Waals surface area contributed by atoms with Gasteiger partial charge < -0.3 is 16.0 Å². The largest absolute Gasteiger partial charge is 0.349 e. The molecule has 2 aromatic carbocycles. The highest BCUT2D eigenvalue weighted by atomic mass is 19.1. The Morgan fingerprint density at radius 3 is 2.15 bits per heavy atom. The minimum Gasteiger partial charge on any atom is -0.349 e. The number of halogens is 2. The molecule has 5 nitrogen and oxygen atoms in total. The lowest BCUT2D eigenvalue weighted by molar-refractivity contribution is 0.0755. The summed E-state index contributed by atoms with van der Waals surface area (Å²) in [6.45, 7) is 7.66. The number of nitrogens with zero attached hydrogens (tertiary/aromatic N) is 1. The summed E-state index contributed by atoms with van der Waals surface area (Å²) in [7, 11) is 0. The average molecular weight is 460 g/mol. The van der Waals surface area contributed by atoms with E-state index < -0.39 is 11.6 Å². The summed E-state index contributed by atoms with van der Waals surface area (Å²) in [4.78, 5) is 27.9. The third-order valence-electron chi connectivity index (χ3n) is 5.36. The van der Waals surface area contributed by atoms with Gasteiger partial charge in [-0.05, 0) is 87.0 Å². The highest BCUT2D eigenvalue weighted by molar-refractivity contribution is 6.00. The van der Waals surface area contributed by atoms with Gasteiger partial charge in [0, 0.05) is 36.3 Å². The number of carbonyl (C=O) groups excluding carboxylic acids is 2. The van der Waals surface area contributed by atoms with E-state index in [2.05, 4.69) is 5.32 Å². The first kappa shape index (κ1) is 26.5. The number of hydrogen-bond acceptors (Lipinski definition) is 3. The van der Waals surface area contributed by atoms with Gasteiger partial charge >= 0.3 is 0 Å². The Labute approximate surface area is 195 Å². The van der Waals surface area contributed by atoms with Gasteiger partial charge in [0.1, 0.15) is 11.6 Å². The molecule has 0 heterocycles. The second-order valence-electron chi connectivity index (χ2n) is 8.46. The molecule has 0 radical (unpaired) electrons. The molecule has 0 saturated heterocycles. The van der Waals surface area contributed by atoms with E-state index in [0.717, 1.165) is 24.5 Å². The van der Waals surface area contributed by atoms with Crippen LogP contribution < -0.4 is 11.1 Å². The Morgan fingerprint density at radius 1 is 0.970 bits per heavy atom. The van der Waals surface area contributed by atoms with Gasteiger partial charge in [-0.3, -0.25) is 9.59 Å². The second kappa shape index (κ2) is 13.0. The number of carbonyl (C=O) groups is 2. The summed E-state index contributed by atoms with van der Waals surface area (Å²) in [5, 5.41) is 2.96. The first-order valence-corrected chi connectivity index (χ1v) is 11.6. The van der Waals surface area contributed by atoms with Crippen molar-refractivity contribution in [2.24, 2.45) is 5.73 Å². The first-order chi connectivity index (χ1) is 15.8. The van der Waals surface area contributed by atoms with Crippen LogP contribution in [0.3, 0.4) is 0 Å². The van der Waals surface area contributed by atoms with Crippen molar-refractivity contribution in [2.75, 3.05) is 19.6 Å². The summed E-state index contributed by atoms with van der Waals surface area (Å²) >= 11 is 0. The monoisotopic (exact) mass is 459 g/mol. The molecule has 3 N–H and O–H groups in total. The summed E-state index contributed by atoms with van der Waals surface area (Å²) in [6, 6.07) is 8.15. The number of amides is 2. The summed E-state index contributed by atoms with van der Waals surface area (Å²) in [6.07, 6.45) is 3.21. The molecule has 0 saturated carbocycles. The van der Waals surface area contributed by atoms with Crippen molar-refractivity contribution < 1.29 is 18.4 Å². The summed E-state index contributed by atoms with van der Waals surface area (Å²) in [5.74, 6) is -1.73. The Morgan fingerprint density at radius 2 is 1.58 bits per heavy atom. The van der Waals surface area contributed by atoms with E-state index in [9.17, 15) is 18.4 Å². The molecule has 0 aliphatic heterocycles. The van der Waals surface area contributed by atoms with Crippen LogP contribution >= 0.6 is 0 Å². The minimum atomic E-state index is -0.653. The maximum atomic E-state index is 13.6. The van der Waals surface area contributed by atoms with E-state index >= 15 is 0 Å². The fraction of sp³-hybridized carbons (Fsp3) is 0.462. The highest BCUT2D eigenvalue weighted by Gasteiger charge is 2.19. The molecule has 0 bridgehead atoms. The Balaban J connectivity index is 2.23. The number of nitrogens with two attached hydrogens (primary N) is 1. The van der Waals surface area contributed by atoms with Crippen LogP contribution in [0.2, 0.25) is 0 Å². The van der Waals surface area contributed by atoms with Gasteiger partial charge in [0.25, 0.3) is 11.8 Å². The third-order valence-corrected chi connectivity index (χ3v) is 5.36. The van der Waals surface area contributed by atoms with Gasteiger partial charge in [-0.25, -0.2) is 8.78 Å². The Bertz CT molecular complexity index is 923. The molecule has 0 aliphatic rings. The fourth-order valence-electron chi connectivity index (χ4n) is 3.95. The molecule has 180 valence electrons. The standard InChI is InChI=1S/C26H35F2N3O2/c1-4-9-31(10-5-2)26(33)21-12-18(3)11-20(16-21)25(32)30-24(7-6-8-29)15-19-13-22(27)17-23(28)14-19/h11-14,16-17,24H,4-10,15,29H2,1-3H3,(H,30,32)/t24-/m1/s1. The van der Waals surface area contributed by atoms with E-state index in [1.165, 1.54) is 12.1 Å². The van der Waals surface area contributed by atoms with Crippen LogP contribution in [0.15, 0.2) is 36.4 Å². The highest BCUT2D eigenvalue weighted by Crippen LogP contribution is 2.16. The molecule has 0 aromatic heterocycles. The number of hydrogen-bond donors (Lipinski definition) is 2. The molecular formula is C26H35F2N3O2. The number of nitrogens with one attached hydrogen (secondary N) is 1. The lowest BCUT2D eigenvalue weighted by Crippen LogP contribution is -2.37. The third kappa shape index (κ3) is 8.24. The molecule has 7 heteroatoms. The van der Waals surface area contributed by atoms with Gasteiger partial charge in [-0.1, -0.05) is 13.8 Å². The SMILES string of the molecule is CCCN(CCC)C(=O)c1cc(C)cc(C(=O)N[C@H](CCCN)Cc2cc(F)cc(F)c2)c1. The van der Waals surface area contributed by atoms with Crippen LogP contribution in [0, 0.1) is 18.6 Å². The van der Waals surface area contributed by atoms with Crippen LogP contribution in [0.1, 0.15) is 71.4 Å². The molecule has 0 unspecified atom stereocenters. The van der Waals surface area contributed by atoms with E-state index in [4.69, 9.17) is 5.73 Å². The molecule has 2 amide bonds. The van der Waals surface area contributed by atoms with Crippen molar-refractivity contribution in [3.05, 3.63) is 70.3 Å². The number of aryl methyl sites for hydroxylation is 1. The fourth-order valence-corrected chi connectivity index (χ4v) is 3.95. The normalized spacial score (nSPS) is 11.8. The minimum absolute atomic E-state index is 0.0913. The summed E-state index contributed by atoms with van der Waals surface area (Å²) in [5.41, 5.74) is 7.77. The lowest BCUT2D eigenvalue weighted by atomic mass is 10.00. The maximum Gasteiger partial charge on any atom is 0.253 e. The molecular weight excluding hydrogens is 424 g/mol. The van der Waals surface area contributed by atoms with Gasteiger partial charge in [-0.2, -0.15) is 0 Å². The molecule has 2 aromatic rings. The van der Waals surface area contributed by atoms with Crippen molar-refractivity contribution in [3.63, 3.8) is 0 Å². The van der Waals surface area contributed by atoms with Gasteiger partial charge in [0.05, 0.1) is 0 Å². The number of benzene rings is 2. The Hall–Kier alpha value is -2.80.